The molecular formula is C10H8N2O6. The van der Waals surface area contributed by atoms with E-state index < -0.39 is 9.85 Å². The summed E-state index contributed by atoms with van der Waals surface area (Å²) in [6.45, 7) is 1.24. The summed E-state index contributed by atoms with van der Waals surface area (Å²) in [4.78, 5) is 20.2. The van der Waals surface area contributed by atoms with Crippen molar-refractivity contribution in [1.82, 2.24) is 0 Å². The molecule has 1 heterocycles. The first-order valence-corrected chi connectivity index (χ1v) is 4.90. The third kappa shape index (κ3) is 2.08. The molecule has 1 aliphatic rings. The largest absolute Gasteiger partial charge is 0.454 e. The summed E-state index contributed by atoms with van der Waals surface area (Å²) >= 11 is 0. The number of rotatable bonds is 3. The Hall–Kier alpha value is -2.64. The number of hydrogen-bond acceptors (Lipinski definition) is 6. The van der Waals surface area contributed by atoms with Crippen LogP contribution in [0.5, 0.6) is 11.5 Å². The van der Waals surface area contributed by atoms with Gasteiger partial charge in [0.15, 0.2) is 11.5 Å². The molecule has 0 fully saturated rings. The van der Waals surface area contributed by atoms with E-state index in [4.69, 9.17) is 9.47 Å². The van der Waals surface area contributed by atoms with Crippen LogP contribution >= 0.6 is 0 Å². The van der Waals surface area contributed by atoms with E-state index in [-0.39, 0.29) is 29.5 Å². The van der Waals surface area contributed by atoms with Crippen LogP contribution in [0.4, 0.5) is 5.69 Å². The molecule has 0 aliphatic carbocycles. The van der Waals surface area contributed by atoms with E-state index in [2.05, 4.69) is 0 Å². The molecule has 94 valence electrons. The maximum absolute atomic E-state index is 10.9. The number of hydrogen-bond donors (Lipinski definition) is 0. The lowest BCUT2D eigenvalue weighted by molar-refractivity contribution is -0.422. The molecule has 1 aromatic carbocycles. The Labute approximate surface area is 101 Å². The molecule has 0 saturated heterocycles. The predicted octanol–water partition coefficient (Wildman–Crippen LogP) is 1.96. The first kappa shape index (κ1) is 11.8. The van der Waals surface area contributed by atoms with Gasteiger partial charge in [0.2, 0.25) is 12.5 Å². The monoisotopic (exact) mass is 252 g/mol. The Bertz CT molecular complexity index is 566. The zero-order valence-corrected chi connectivity index (χ0v) is 9.28. The van der Waals surface area contributed by atoms with Gasteiger partial charge in [0.25, 0.3) is 5.69 Å². The molecule has 0 bridgehead atoms. The second-order valence-electron chi connectivity index (χ2n) is 3.56. The van der Waals surface area contributed by atoms with Crippen molar-refractivity contribution in [3.63, 3.8) is 0 Å². The average Bonchev–Trinajstić information content (AvgIpc) is 2.74. The smallest absolute Gasteiger partial charge is 0.280 e. The van der Waals surface area contributed by atoms with Crippen molar-refractivity contribution < 1.29 is 19.3 Å². The summed E-state index contributed by atoms with van der Waals surface area (Å²) in [5, 5.41) is 21.4. The maximum Gasteiger partial charge on any atom is 0.280 e. The summed E-state index contributed by atoms with van der Waals surface area (Å²) in [5.74, 6) is 0.598. The molecule has 0 amide bonds. The predicted molar refractivity (Wildman–Crippen MR) is 59.9 cm³/mol. The van der Waals surface area contributed by atoms with E-state index in [1.807, 2.05) is 0 Å². The Morgan fingerprint density at radius 1 is 1.28 bits per heavy atom. The van der Waals surface area contributed by atoms with Crippen molar-refractivity contribution >= 4 is 11.8 Å². The molecule has 0 N–H and O–H groups in total. The second kappa shape index (κ2) is 4.32. The first-order valence-electron chi connectivity index (χ1n) is 4.90. The molecular weight excluding hydrogens is 244 g/mol. The van der Waals surface area contributed by atoms with Gasteiger partial charge in [-0.2, -0.15) is 0 Å². The van der Waals surface area contributed by atoms with E-state index in [1.165, 1.54) is 19.1 Å². The maximum atomic E-state index is 10.9. The minimum absolute atomic E-state index is 0.0200. The number of ether oxygens (including phenoxy) is 2. The highest BCUT2D eigenvalue weighted by Crippen LogP contribution is 2.38. The molecule has 8 heteroatoms. The van der Waals surface area contributed by atoms with Gasteiger partial charge in [-0.15, -0.1) is 0 Å². The minimum atomic E-state index is -0.624. The van der Waals surface area contributed by atoms with E-state index in [0.717, 1.165) is 6.08 Å². The van der Waals surface area contributed by atoms with Gasteiger partial charge in [-0.05, 0) is 6.07 Å². The van der Waals surface area contributed by atoms with Gasteiger partial charge in [-0.3, -0.25) is 20.2 Å². The van der Waals surface area contributed by atoms with Crippen LogP contribution in [-0.4, -0.2) is 16.6 Å². The highest BCUT2D eigenvalue weighted by Gasteiger charge is 2.23. The lowest BCUT2D eigenvalue weighted by Crippen LogP contribution is -1.96. The van der Waals surface area contributed by atoms with Crippen LogP contribution in [0.15, 0.2) is 17.8 Å². The molecule has 0 spiro atoms. The second-order valence-corrected chi connectivity index (χ2v) is 3.56. The molecule has 0 atom stereocenters. The van der Waals surface area contributed by atoms with Gasteiger partial charge < -0.3 is 9.47 Å². The average molecular weight is 252 g/mol. The van der Waals surface area contributed by atoms with Gasteiger partial charge in [0, 0.05) is 13.0 Å². The zero-order valence-electron chi connectivity index (χ0n) is 9.28. The summed E-state index contributed by atoms with van der Waals surface area (Å²) < 4.78 is 10.1. The number of nitro groups is 2. The molecule has 0 aromatic heterocycles. The van der Waals surface area contributed by atoms with E-state index in [0.29, 0.717) is 5.75 Å². The minimum Gasteiger partial charge on any atom is -0.454 e. The SMILES string of the molecule is CC(=Cc1cc2c(cc1[N+](=O)[O-])OCO2)[N+](=O)[O-]. The van der Waals surface area contributed by atoms with Crippen LogP contribution < -0.4 is 9.47 Å². The van der Waals surface area contributed by atoms with Crippen LogP contribution in [-0.2, 0) is 0 Å². The van der Waals surface area contributed by atoms with Gasteiger partial charge >= 0.3 is 0 Å². The van der Waals surface area contributed by atoms with Crippen molar-refractivity contribution in [2.24, 2.45) is 0 Å². The van der Waals surface area contributed by atoms with Crippen molar-refractivity contribution in [1.29, 1.82) is 0 Å². The van der Waals surface area contributed by atoms with Crippen molar-refractivity contribution in [2.75, 3.05) is 6.79 Å². The lowest BCUT2D eigenvalue weighted by Gasteiger charge is -2.00. The van der Waals surface area contributed by atoms with E-state index in [1.54, 1.807) is 0 Å². The Morgan fingerprint density at radius 3 is 2.44 bits per heavy atom. The quantitative estimate of drug-likeness (QED) is 0.601. The number of fused-ring (bicyclic) bond motifs is 1. The van der Waals surface area contributed by atoms with Gasteiger partial charge in [0.1, 0.15) is 0 Å². The molecule has 0 unspecified atom stereocenters. The molecule has 2 rings (SSSR count). The third-order valence-corrected chi connectivity index (χ3v) is 2.37. The molecule has 8 nitrogen and oxygen atoms in total. The van der Waals surface area contributed by atoms with Crippen LogP contribution in [0, 0.1) is 20.2 Å². The van der Waals surface area contributed by atoms with Crippen molar-refractivity contribution in [3.8, 4) is 11.5 Å². The number of benzene rings is 1. The number of nitro benzene ring substituents is 1. The molecule has 1 aliphatic heterocycles. The molecule has 18 heavy (non-hydrogen) atoms. The Kier molecular flexibility index (Phi) is 2.84. The van der Waals surface area contributed by atoms with Gasteiger partial charge in [-0.25, -0.2) is 0 Å². The Morgan fingerprint density at radius 2 is 1.89 bits per heavy atom. The fraction of sp³-hybridized carbons (Fsp3) is 0.200. The molecule has 1 aromatic rings. The zero-order chi connectivity index (χ0) is 13.3. The summed E-state index contributed by atoms with van der Waals surface area (Å²) in [7, 11) is 0. The van der Waals surface area contributed by atoms with Crippen LogP contribution in [0.3, 0.4) is 0 Å². The number of nitrogens with zero attached hydrogens (tertiary/aromatic N) is 2. The standard InChI is InChI=1S/C10H8N2O6/c1-6(11(13)14)2-7-3-9-10(18-5-17-9)4-8(7)12(15)16/h2-4H,5H2,1H3. The molecule has 0 saturated carbocycles. The first-order chi connectivity index (χ1) is 8.49. The number of allylic oxidation sites excluding steroid dienone is 1. The van der Waals surface area contributed by atoms with Crippen molar-refractivity contribution in [3.05, 3.63) is 43.6 Å². The van der Waals surface area contributed by atoms with Crippen LogP contribution in [0.1, 0.15) is 12.5 Å². The van der Waals surface area contributed by atoms with E-state index in [9.17, 15) is 20.2 Å². The van der Waals surface area contributed by atoms with Crippen LogP contribution in [0.25, 0.3) is 6.08 Å². The van der Waals surface area contributed by atoms with Crippen LogP contribution in [0.2, 0.25) is 0 Å². The summed E-state index contributed by atoms with van der Waals surface area (Å²) in [5.41, 5.74) is -0.351. The molecule has 0 radical (unpaired) electrons. The third-order valence-electron chi connectivity index (χ3n) is 2.37. The topological polar surface area (TPSA) is 105 Å². The summed E-state index contributed by atoms with van der Waals surface area (Å²) in [6, 6.07) is 2.55. The van der Waals surface area contributed by atoms with Crippen molar-refractivity contribution in [2.45, 2.75) is 6.92 Å². The van der Waals surface area contributed by atoms with E-state index >= 15 is 0 Å². The lowest BCUT2D eigenvalue weighted by atomic mass is 10.1. The fourth-order valence-corrected chi connectivity index (χ4v) is 1.50. The normalized spacial score (nSPS) is 13.5. The summed E-state index contributed by atoms with van der Waals surface area (Å²) in [6.07, 6.45) is 1.13. The van der Waals surface area contributed by atoms with Gasteiger partial charge in [0.05, 0.1) is 21.5 Å². The fourth-order valence-electron chi connectivity index (χ4n) is 1.50. The highest BCUT2D eigenvalue weighted by atomic mass is 16.7. The highest BCUT2D eigenvalue weighted by molar-refractivity contribution is 5.67. The Balaban J connectivity index is 2.55. The van der Waals surface area contributed by atoms with Gasteiger partial charge in [-0.1, -0.05) is 0 Å².